The van der Waals surface area contributed by atoms with Crippen molar-refractivity contribution in [2.24, 2.45) is 0 Å². The third-order valence-electron chi connectivity index (χ3n) is 3.19. The highest BCUT2D eigenvalue weighted by Crippen LogP contribution is 2.22. The average molecular weight is 254 g/mol. The zero-order valence-corrected chi connectivity index (χ0v) is 12.1. The van der Waals surface area contributed by atoms with Crippen LogP contribution in [0.4, 0.5) is 11.5 Å². The highest BCUT2D eigenvalue weighted by atomic mass is 15.0. The number of nitrogens with one attached hydrogen (secondary N) is 1. The van der Waals surface area contributed by atoms with E-state index in [1.807, 2.05) is 6.07 Å². The Kier molecular flexibility index (Phi) is 4.20. The van der Waals surface area contributed by atoms with E-state index in [4.69, 9.17) is 0 Å². The number of pyridine rings is 1. The van der Waals surface area contributed by atoms with Crippen LogP contribution in [0.2, 0.25) is 0 Å². The van der Waals surface area contributed by atoms with Gasteiger partial charge in [-0.1, -0.05) is 45.9 Å². The summed E-state index contributed by atoms with van der Waals surface area (Å²) in [5.74, 6) is 1.90. The van der Waals surface area contributed by atoms with Crippen LogP contribution >= 0.6 is 0 Å². The summed E-state index contributed by atoms with van der Waals surface area (Å²) in [6.45, 7) is 8.73. The van der Waals surface area contributed by atoms with E-state index >= 15 is 0 Å². The predicted molar refractivity (Wildman–Crippen MR) is 82.1 cm³/mol. The van der Waals surface area contributed by atoms with Crippen molar-refractivity contribution in [3.05, 3.63) is 53.7 Å². The zero-order valence-electron chi connectivity index (χ0n) is 12.1. The number of nitrogens with zero attached hydrogens (tertiary/aromatic N) is 1. The Bertz CT molecular complexity index is 495. The molecule has 0 amide bonds. The molecule has 0 bridgehead atoms. The van der Waals surface area contributed by atoms with Crippen LogP contribution in [0, 0.1) is 0 Å². The lowest BCUT2D eigenvalue weighted by molar-refractivity contribution is 0.824. The number of aromatic nitrogens is 1. The van der Waals surface area contributed by atoms with Crippen molar-refractivity contribution < 1.29 is 0 Å². The van der Waals surface area contributed by atoms with Gasteiger partial charge in [0.1, 0.15) is 5.82 Å². The van der Waals surface area contributed by atoms with Gasteiger partial charge in [0.05, 0.1) is 0 Å². The molecule has 0 saturated heterocycles. The Labute approximate surface area is 115 Å². The van der Waals surface area contributed by atoms with E-state index in [1.165, 1.54) is 5.56 Å². The molecule has 0 radical (unpaired) electrons. The first-order valence-corrected chi connectivity index (χ1v) is 6.90. The lowest BCUT2D eigenvalue weighted by atomic mass is 10.0. The molecule has 0 spiro atoms. The van der Waals surface area contributed by atoms with Crippen LogP contribution in [0.1, 0.15) is 50.8 Å². The Hall–Kier alpha value is -1.83. The summed E-state index contributed by atoms with van der Waals surface area (Å²) in [6, 6.07) is 14.6. The molecule has 1 aromatic heterocycles. The number of hydrogen-bond acceptors (Lipinski definition) is 2. The quantitative estimate of drug-likeness (QED) is 0.823. The molecule has 2 heteroatoms. The maximum absolute atomic E-state index is 4.63. The molecule has 0 aliphatic carbocycles. The van der Waals surface area contributed by atoms with Crippen molar-refractivity contribution in [1.82, 2.24) is 4.98 Å². The molecule has 1 heterocycles. The SMILES string of the molecule is CC(C)c1cccc(Nc2cccc(C(C)C)n2)c1. The normalized spacial score (nSPS) is 11.1. The largest absolute Gasteiger partial charge is 0.340 e. The van der Waals surface area contributed by atoms with Crippen molar-refractivity contribution in [1.29, 1.82) is 0 Å². The van der Waals surface area contributed by atoms with E-state index in [-0.39, 0.29) is 0 Å². The van der Waals surface area contributed by atoms with Crippen molar-refractivity contribution in [3.8, 4) is 0 Å². The van der Waals surface area contributed by atoms with E-state index in [0.717, 1.165) is 17.2 Å². The smallest absolute Gasteiger partial charge is 0.130 e. The van der Waals surface area contributed by atoms with Crippen LogP contribution in [0.15, 0.2) is 42.5 Å². The molecule has 1 aromatic carbocycles. The van der Waals surface area contributed by atoms with E-state index < -0.39 is 0 Å². The number of rotatable bonds is 4. The molecule has 0 atom stereocenters. The van der Waals surface area contributed by atoms with Crippen LogP contribution in [0.25, 0.3) is 0 Å². The summed E-state index contributed by atoms with van der Waals surface area (Å²) in [5.41, 5.74) is 3.55. The molecule has 0 saturated carbocycles. The van der Waals surface area contributed by atoms with Crippen LogP contribution in [0.5, 0.6) is 0 Å². The lowest BCUT2D eigenvalue weighted by Crippen LogP contribution is -1.99. The summed E-state index contributed by atoms with van der Waals surface area (Å²) in [5, 5.41) is 3.38. The van der Waals surface area contributed by atoms with Gasteiger partial charge in [-0.3, -0.25) is 0 Å². The molecule has 0 unspecified atom stereocenters. The molecule has 0 aliphatic rings. The second-order valence-corrected chi connectivity index (χ2v) is 5.51. The topological polar surface area (TPSA) is 24.9 Å². The maximum atomic E-state index is 4.63. The fourth-order valence-corrected chi connectivity index (χ4v) is 1.97. The third-order valence-corrected chi connectivity index (χ3v) is 3.19. The minimum absolute atomic E-state index is 0.448. The molecule has 1 N–H and O–H groups in total. The van der Waals surface area contributed by atoms with E-state index in [2.05, 4.69) is 74.4 Å². The van der Waals surface area contributed by atoms with Gasteiger partial charge in [-0.05, 0) is 41.7 Å². The molecule has 0 aliphatic heterocycles. The summed E-state index contributed by atoms with van der Waals surface area (Å²) in [7, 11) is 0. The van der Waals surface area contributed by atoms with E-state index in [0.29, 0.717) is 11.8 Å². The standard InChI is InChI=1S/C17H22N2/c1-12(2)14-7-5-8-15(11-14)18-17-10-6-9-16(19-17)13(3)4/h5-13H,1-4H3,(H,18,19). The van der Waals surface area contributed by atoms with Crippen molar-refractivity contribution in [2.75, 3.05) is 5.32 Å². The van der Waals surface area contributed by atoms with Gasteiger partial charge < -0.3 is 5.32 Å². The number of anilines is 2. The predicted octanol–water partition coefficient (Wildman–Crippen LogP) is 5.07. The van der Waals surface area contributed by atoms with Crippen LogP contribution in [0.3, 0.4) is 0 Å². The Morgan fingerprint density at radius 3 is 2.32 bits per heavy atom. The molecular weight excluding hydrogens is 232 g/mol. The van der Waals surface area contributed by atoms with Gasteiger partial charge in [0.25, 0.3) is 0 Å². The summed E-state index contributed by atoms with van der Waals surface area (Å²) >= 11 is 0. The first kappa shape index (κ1) is 13.6. The van der Waals surface area contributed by atoms with Crippen molar-refractivity contribution in [2.45, 2.75) is 39.5 Å². The Morgan fingerprint density at radius 1 is 0.895 bits per heavy atom. The first-order chi connectivity index (χ1) is 9.06. The maximum Gasteiger partial charge on any atom is 0.130 e. The first-order valence-electron chi connectivity index (χ1n) is 6.90. The molecule has 2 rings (SSSR count). The molecular formula is C17H22N2. The summed E-state index contributed by atoms with van der Waals surface area (Å²) < 4.78 is 0. The summed E-state index contributed by atoms with van der Waals surface area (Å²) in [6.07, 6.45) is 0. The van der Waals surface area contributed by atoms with Crippen LogP contribution in [-0.4, -0.2) is 4.98 Å². The van der Waals surface area contributed by atoms with Gasteiger partial charge in [-0.25, -0.2) is 4.98 Å². The molecule has 2 aromatic rings. The molecule has 2 nitrogen and oxygen atoms in total. The third kappa shape index (κ3) is 3.57. The molecule has 19 heavy (non-hydrogen) atoms. The van der Waals surface area contributed by atoms with Gasteiger partial charge >= 0.3 is 0 Å². The lowest BCUT2D eigenvalue weighted by Gasteiger charge is -2.11. The second-order valence-electron chi connectivity index (χ2n) is 5.51. The highest BCUT2D eigenvalue weighted by Gasteiger charge is 2.04. The van der Waals surface area contributed by atoms with Crippen LogP contribution < -0.4 is 5.32 Å². The zero-order chi connectivity index (χ0) is 13.8. The van der Waals surface area contributed by atoms with E-state index in [1.54, 1.807) is 0 Å². The van der Waals surface area contributed by atoms with Crippen LogP contribution in [-0.2, 0) is 0 Å². The van der Waals surface area contributed by atoms with Gasteiger partial charge in [0.2, 0.25) is 0 Å². The van der Waals surface area contributed by atoms with Gasteiger partial charge in [-0.2, -0.15) is 0 Å². The average Bonchev–Trinajstić information content (AvgIpc) is 2.39. The van der Waals surface area contributed by atoms with Crippen molar-refractivity contribution >= 4 is 11.5 Å². The summed E-state index contributed by atoms with van der Waals surface area (Å²) in [4.78, 5) is 4.63. The molecule has 0 fully saturated rings. The minimum atomic E-state index is 0.448. The number of benzene rings is 1. The highest BCUT2D eigenvalue weighted by molar-refractivity contribution is 5.57. The van der Waals surface area contributed by atoms with Gasteiger partial charge in [-0.15, -0.1) is 0 Å². The van der Waals surface area contributed by atoms with E-state index in [9.17, 15) is 0 Å². The Morgan fingerprint density at radius 2 is 1.63 bits per heavy atom. The minimum Gasteiger partial charge on any atom is -0.340 e. The Balaban J connectivity index is 2.21. The van der Waals surface area contributed by atoms with Gasteiger partial charge in [0.15, 0.2) is 0 Å². The molecule has 100 valence electrons. The van der Waals surface area contributed by atoms with Crippen molar-refractivity contribution in [3.63, 3.8) is 0 Å². The fourth-order valence-electron chi connectivity index (χ4n) is 1.97. The fraction of sp³-hybridized carbons (Fsp3) is 0.353. The second kappa shape index (κ2) is 5.87. The van der Waals surface area contributed by atoms with Gasteiger partial charge in [0, 0.05) is 11.4 Å². The number of hydrogen-bond donors (Lipinski definition) is 1. The monoisotopic (exact) mass is 254 g/mol.